The smallest absolute Gasteiger partial charge is 0.266 e. The van der Waals surface area contributed by atoms with E-state index in [1.807, 2.05) is 38.1 Å². The third kappa shape index (κ3) is 2.80. The van der Waals surface area contributed by atoms with E-state index in [2.05, 4.69) is 0 Å². The number of amides is 2. The van der Waals surface area contributed by atoms with Crippen LogP contribution in [-0.2, 0) is 19.7 Å². The highest BCUT2D eigenvalue weighted by Gasteiger charge is 2.49. The highest BCUT2D eigenvalue weighted by molar-refractivity contribution is 5.94. The first kappa shape index (κ1) is 16.9. The molecule has 2 N–H and O–H groups in total. The maximum atomic E-state index is 13.2. The molecule has 2 heterocycles. The van der Waals surface area contributed by atoms with Crippen molar-refractivity contribution < 1.29 is 19.5 Å². The summed E-state index contributed by atoms with van der Waals surface area (Å²) in [6.45, 7) is 5.45. The lowest BCUT2D eigenvalue weighted by atomic mass is 9.80. The molecule has 6 nitrogen and oxygen atoms in total. The van der Waals surface area contributed by atoms with E-state index >= 15 is 0 Å². The summed E-state index contributed by atoms with van der Waals surface area (Å²) in [7, 11) is 0. The molecular weight excluding hydrogens is 308 g/mol. The topological polar surface area (TPSA) is 78.9 Å². The molecule has 0 spiro atoms. The van der Waals surface area contributed by atoms with Crippen molar-refractivity contribution in [1.82, 2.24) is 10.4 Å². The van der Waals surface area contributed by atoms with Crippen molar-refractivity contribution in [3.8, 4) is 0 Å². The van der Waals surface area contributed by atoms with Crippen LogP contribution in [0.2, 0.25) is 0 Å². The van der Waals surface area contributed by atoms with E-state index in [0.29, 0.717) is 32.6 Å². The number of hydrogen-bond donors (Lipinski definition) is 2. The molecule has 1 aromatic rings. The van der Waals surface area contributed by atoms with Crippen LogP contribution in [-0.4, -0.2) is 47.7 Å². The first-order chi connectivity index (χ1) is 11.5. The number of carbonyl (C=O) groups is 2. The van der Waals surface area contributed by atoms with Crippen molar-refractivity contribution in [3.05, 3.63) is 35.4 Å². The molecule has 2 amide bonds. The second-order valence-corrected chi connectivity index (χ2v) is 6.99. The van der Waals surface area contributed by atoms with Gasteiger partial charge in [0.05, 0.1) is 12.0 Å². The summed E-state index contributed by atoms with van der Waals surface area (Å²) >= 11 is 0. The van der Waals surface area contributed by atoms with Crippen molar-refractivity contribution in [2.75, 3.05) is 19.8 Å². The highest BCUT2D eigenvalue weighted by atomic mass is 16.5. The zero-order valence-corrected chi connectivity index (χ0v) is 14.1. The molecule has 2 saturated heterocycles. The summed E-state index contributed by atoms with van der Waals surface area (Å²) < 4.78 is 5.38. The molecular formula is C18H24N2O4. The maximum Gasteiger partial charge on any atom is 0.266 e. The van der Waals surface area contributed by atoms with E-state index in [1.165, 1.54) is 0 Å². The summed E-state index contributed by atoms with van der Waals surface area (Å²) in [5.74, 6) is -0.680. The van der Waals surface area contributed by atoms with E-state index in [4.69, 9.17) is 9.94 Å². The highest BCUT2D eigenvalue weighted by Crippen LogP contribution is 2.38. The number of rotatable bonds is 4. The van der Waals surface area contributed by atoms with Crippen LogP contribution in [0.15, 0.2) is 24.3 Å². The fraction of sp³-hybridized carbons (Fsp3) is 0.556. The zero-order chi connectivity index (χ0) is 17.3. The Kier molecular flexibility index (Phi) is 4.60. The average molecular weight is 332 g/mol. The summed E-state index contributed by atoms with van der Waals surface area (Å²) in [6.07, 6.45) is 1.36. The molecule has 2 aliphatic rings. The van der Waals surface area contributed by atoms with Crippen LogP contribution in [0.4, 0.5) is 0 Å². The van der Waals surface area contributed by atoms with Gasteiger partial charge < -0.3 is 9.64 Å². The minimum absolute atomic E-state index is 0.0631. The van der Waals surface area contributed by atoms with Crippen LogP contribution in [0.1, 0.15) is 30.9 Å². The zero-order valence-electron chi connectivity index (χ0n) is 14.1. The Bertz CT molecular complexity index is 624. The molecule has 130 valence electrons. The van der Waals surface area contributed by atoms with Gasteiger partial charge in [0.15, 0.2) is 0 Å². The fourth-order valence-electron chi connectivity index (χ4n) is 3.80. The summed E-state index contributed by atoms with van der Waals surface area (Å²) in [5, 5.41) is 9.11. The second kappa shape index (κ2) is 6.53. The third-order valence-electron chi connectivity index (χ3n) is 5.40. The van der Waals surface area contributed by atoms with Gasteiger partial charge in [0.2, 0.25) is 5.91 Å². The van der Waals surface area contributed by atoms with Gasteiger partial charge in [0.1, 0.15) is 6.04 Å². The van der Waals surface area contributed by atoms with Gasteiger partial charge >= 0.3 is 0 Å². The normalized spacial score (nSPS) is 28.2. The van der Waals surface area contributed by atoms with Gasteiger partial charge in [0.25, 0.3) is 5.91 Å². The summed E-state index contributed by atoms with van der Waals surface area (Å²) in [5.41, 5.74) is 3.20. The van der Waals surface area contributed by atoms with Crippen LogP contribution in [0.5, 0.6) is 0 Å². The number of hydrogen-bond acceptors (Lipinski definition) is 4. The summed E-state index contributed by atoms with van der Waals surface area (Å²) in [6, 6.07) is 7.28. The number of aryl methyl sites for hydroxylation is 1. The molecule has 24 heavy (non-hydrogen) atoms. The van der Waals surface area contributed by atoms with Gasteiger partial charge in [-0.3, -0.25) is 14.8 Å². The molecule has 6 heteroatoms. The molecule has 0 bridgehead atoms. The van der Waals surface area contributed by atoms with E-state index < -0.39 is 17.4 Å². The monoisotopic (exact) mass is 332 g/mol. The fourth-order valence-corrected chi connectivity index (χ4v) is 3.80. The van der Waals surface area contributed by atoms with Gasteiger partial charge in [0, 0.05) is 19.1 Å². The predicted molar refractivity (Wildman–Crippen MR) is 87.5 cm³/mol. The van der Waals surface area contributed by atoms with E-state index in [0.717, 1.165) is 11.1 Å². The molecule has 0 saturated carbocycles. The van der Waals surface area contributed by atoms with Crippen molar-refractivity contribution >= 4 is 11.8 Å². The Morgan fingerprint density at radius 1 is 1.42 bits per heavy atom. The minimum Gasteiger partial charge on any atom is -0.381 e. The Morgan fingerprint density at radius 3 is 2.71 bits per heavy atom. The van der Waals surface area contributed by atoms with Crippen molar-refractivity contribution in [2.24, 2.45) is 5.92 Å². The Hall–Kier alpha value is -1.92. The Labute approximate surface area is 141 Å². The van der Waals surface area contributed by atoms with E-state index in [9.17, 15) is 9.59 Å². The number of carbonyl (C=O) groups excluding carboxylic acids is 2. The molecule has 3 atom stereocenters. The van der Waals surface area contributed by atoms with Gasteiger partial charge in [-0.15, -0.1) is 0 Å². The van der Waals surface area contributed by atoms with Crippen molar-refractivity contribution in [1.29, 1.82) is 0 Å². The van der Waals surface area contributed by atoms with Crippen LogP contribution < -0.4 is 5.48 Å². The SMILES string of the molecule is Cc1ccc(C2(C)CCN(C(C(=O)NO)C3CCOC3)C2=O)cc1. The number of benzene rings is 1. The van der Waals surface area contributed by atoms with Gasteiger partial charge in [-0.1, -0.05) is 29.8 Å². The number of hydroxylamine groups is 1. The van der Waals surface area contributed by atoms with E-state index in [-0.39, 0.29) is 11.8 Å². The lowest BCUT2D eigenvalue weighted by Gasteiger charge is -2.32. The quantitative estimate of drug-likeness (QED) is 0.645. The number of nitrogens with zero attached hydrogens (tertiary/aromatic N) is 1. The van der Waals surface area contributed by atoms with Crippen LogP contribution in [0, 0.1) is 12.8 Å². The molecule has 2 fully saturated rings. The molecule has 0 aliphatic carbocycles. The average Bonchev–Trinajstić information content (AvgIpc) is 3.20. The van der Waals surface area contributed by atoms with Gasteiger partial charge in [-0.2, -0.15) is 0 Å². The van der Waals surface area contributed by atoms with Crippen LogP contribution >= 0.6 is 0 Å². The van der Waals surface area contributed by atoms with Crippen LogP contribution in [0.3, 0.4) is 0 Å². The van der Waals surface area contributed by atoms with E-state index in [1.54, 1.807) is 10.4 Å². The molecule has 0 aromatic heterocycles. The van der Waals surface area contributed by atoms with Crippen LogP contribution in [0.25, 0.3) is 0 Å². The van der Waals surface area contributed by atoms with Crippen molar-refractivity contribution in [3.63, 3.8) is 0 Å². The number of nitrogens with one attached hydrogen (secondary N) is 1. The van der Waals surface area contributed by atoms with Gasteiger partial charge in [-0.25, -0.2) is 5.48 Å². The first-order valence-corrected chi connectivity index (χ1v) is 8.37. The third-order valence-corrected chi connectivity index (χ3v) is 5.40. The molecule has 3 unspecified atom stereocenters. The maximum absolute atomic E-state index is 13.2. The lowest BCUT2D eigenvalue weighted by Crippen LogP contribution is -2.53. The van der Waals surface area contributed by atoms with Crippen molar-refractivity contribution in [2.45, 2.75) is 38.1 Å². The predicted octanol–water partition coefficient (Wildman–Crippen LogP) is 1.40. The molecule has 3 rings (SSSR count). The minimum atomic E-state index is -0.683. The molecule has 0 radical (unpaired) electrons. The lowest BCUT2D eigenvalue weighted by molar-refractivity contribution is -0.146. The second-order valence-electron chi connectivity index (χ2n) is 6.99. The molecule has 1 aromatic carbocycles. The number of ether oxygens (including phenoxy) is 1. The summed E-state index contributed by atoms with van der Waals surface area (Å²) in [4.78, 5) is 27.0. The standard InChI is InChI=1S/C18H24N2O4/c1-12-3-5-14(6-4-12)18(2)8-9-20(17(18)22)15(16(21)19-23)13-7-10-24-11-13/h3-6,13,15,23H,7-11H2,1-2H3,(H,19,21). The molecule has 2 aliphatic heterocycles. The van der Waals surface area contributed by atoms with Gasteiger partial charge in [-0.05, 0) is 32.3 Å². The number of likely N-dealkylation sites (tertiary alicyclic amines) is 1. The first-order valence-electron chi connectivity index (χ1n) is 8.37. The Morgan fingerprint density at radius 2 is 2.12 bits per heavy atom. The largest absolute Gasteiger partial charge is 0.381 e. The Balaban J connectivity index is 1.88.